The van der Waals surface area contributed by atoms with E-state index in [1.165, 1.54) is 19.3 Å². The highest BCUT2D eigenvalue weighted by Gasteiger charge is 2.55. The molecule has 2 saturated heterocycles. The summed E-state index contributed by atoms with van der Waals surface area (Å²) in [4.78, 5) is 0. The Morgan fingerprint density at radius 2 is 1.76 bits per heavy atom. The summed E-state index contributed by atoms with van der Waals surface area (Å²) in [5.41, 5.74) is 1.08. The molecule has 2 aliphatic heterocycles. The zero-order valence-electron chi connectivity index (χ0n) is 10.8. The fourth-order valence-electron chi connectivity index (χ4n) is 3.06. The highest BCUT2D eigenvalue weighted by molar-refractivity contribution is 5.18. The second-order valence-corrected chi connectivity index (χ2v) is 6.37. The van der Waals surface area contributed by atoms with Gasteiger partial charge in [-0.25, -0.2) is 0 Å². The van der Waals surface area contributed by atoms with Gasteiger partial charge in [-0.1, -0.05) is 33.3 Å². The fourth-order valence-corrected chi connectivity index (χ4v) is 3.06. The lowest BCUT2D eigenvalue weighted by molar-refractivity contribution is -0.390. The van der Waals surface area contributed by atoms with Gasteiger partial charge in [0, 0.05) is 16.9 Å². The molecule has 0 bridgehead atoms. The minimum atomic E-state index is -0.921. The third kappa shape index (κ3) is 1.85. The zero-order chi connectivity index (χ0) is 12.1. The molecular weight excluding hydrogens is 216 g/mol. The molecule has 3 rings (SSSR count). The first-order chi connectivity index (χ1) is 8.03. The van der Waals surface area contributed by atoms with E-state index in [0.29, 0.717) is 19.1 Å². The van der Waals surface area contributed by atoms with Crippen molar-refractivity contribution in [2.45, 2.75) is 51.6 Å². The molecule has 3 aliphatic rings. The first-order valence-corrected chi connectivity index (χ1v) is 6.67. The summed E-state index contributed by atoms with van der Waals surface area (Å²) in [6, 6.07) is 0. The SMILES string of the molecule is C=C1[C@H]2CCCC[C@H]2OC12OCC(C)(C)CO2. The van der Waals surface area contributed by atoms with E-state index in [1.54, 1.807) is 0 Å². The lowest BCUT2D eigenvalue weighted by Crippen LogP contribution is -2.48. The second-order valence-electron chi connectivity index (χ2n) is 6.37. The third-order valence-electron chi connectivity index (χ3n) is 4.16. The van der Waals surface area contributed by atoms with Crippen LogP contribution in [0.15, 0.2) is 12.2 Å². The van der Waals surface area contributed by atoms with E-state index < -0.39 is 5.97 Å². The van der Waals surface area contributed by atoms with Crippen molar-refractivity contribution in [1.29, 1.82) is 0 Å². The fraction of sp³-hybridized carbons (Fsp3) is 0.857. The standard InChI is InChI=1S/C14H22O3/c1-10-11-6-4-5-7-12(11)17-14(10)15-8-13(2,3)9-16-14/h11-12H,1,4-9H2,2-3H3/t11-,12-/m1/s1. The number of fused-ring (bicyclic) bond motifs is 1. The van der Waals surface area contributed by atoms with Crippen molar-refractivity contribution >= 4 is 0 Å². The summed E-state index contributed by atoms with van der Waals surface area (Å²) >= 11 is 0. The minimum absolute atomic E-state index is 0.0721. The largest absolute Gasteiger partial charge is 0.323 e. The maximum absolute atomic E-state index is 6.06. The number of hydrogen-bond acceptors (Lipinski definition) is 3. The summed E-state index contributed by atoms with van der Waals surface area (Å²) in [6.45, 7) is 9.82. The van der Waals surface area contributed by atoms with Crippen LogP contribution in [0, 0.1) is 11.3 Å². The molecule has 1 spiro atoms. The molecule has 0 aromatic carbocycles. The van der Waals surface area contributed by atoms with E-state index in [-0.39, 0.29) is 11.5 Å². The predicted molar refractivity (Wildman–Crippen MR) is 64.4 cm³/mol. The van der Waals surface area contributed by atoms with Crippen LogP contribution in [0.25, 0.3) is 0 Å². The Labute approximate surface area is 103 Å². The van der Waals surface area contributed by atoms with Crippen LogP contribution < -0.4 is 0 Å². The third-order valence-corrected chi connectivity index (χ3v) is 4.16. The van der Waals surface area contributed by atoms with Crippen molar-refractivity contribution in [3.05, 3.63) is 12.2 Å². The van der Waals surface area contributed by atoms with Gasteiger partial charge in [-0.3, -0.25) is 0 Å². The van der Waals surface area contributed by atoms with E-state index in [9.17, 15) is 0 Å². The molecule has 0 unspecified atom stereocenters. The normalized spacial score (nSPS) is 39.3. The molecule has 0 radical (unpaired) electrons. The van der Waals surface area contributed by atoms with E-state index in [2.05, 4.69) is 20.4 Å². The van der Waals surface area contributed by atoms with Crippen LogP contribution >= 0.6 is 0 Å². The summed E-state index contributed by atoms with van der Waals surface area (Å²) in [7, 11) is 0. The van der Waals surface area contributed by atoms with Gasteiger partial charge in [-0.05, 0) is 12.8 Å². The van der Waals surface area contributed by atoms with Gasteiger partial charge in [0.2, 0.25) is 0 Å². The average molecular weight is 238 g/mol. The molecular formula is C14H22O3. The molecule has 2 atom stereocenters. The van der Waals surface area contributed by atoms with Crippen molar-refractivity contribution in [2.75, 3.05) is 13.2 Å². The molecule has 1 aliphatic carbocycles. The summed E-state index contributed by atoms with van der Waals surface area (Å²) < 4.78 is 17.9. The molecule has 0 amide bonds. The summed E-state index contributed by atoms with van der Waals surface area (Å²) in [5.74, 6) is -0.486. The Bertz CT molecular complexity index is 324. The minimum Gasteiger partial charge on any atom is -0.323 e. The van der Waals surface area contributed by atoms with Gasteiger partial charge in [0.05, 0.1) is 19.3 Å². The molecule has 2 heterocycles. The van der Waals surface area contributed by atoms with Crippen molar-refractivity contribution < 1.29 is 14.2 Å². The Balaban J connectivity index is 1.78. The van der Waals surface area contributed by atoms with Crippen LogP contribution in [0.2, 0.25) is 0 Å². The van der Waals surface area contributed by atoms with E-state index in [4.69, 9.17) is 14.2 Å². The van der Waals surface area contributed by atoms with Crippen LogP contribution in [-0.2, 0) is 14.2 Å². The predicted octanol–water partition coefficient (Wildman–Crippen LogP) is 2.86. The van der Waals surface area contributed by atoms with Gasteiger partial charge in [-0.2, -0.15) is 0 Å². The van der Waals surface area contributed by atoms with Gasteiger partial charge < -0.3 is 14.2 Å². The van der Waals surface area contributed by atoms with Crippen molar-refractivity contribution in [3.8, 4) is 0 Å². The van der Waals surface area contributed by atoms with Crippen LogP contribution in [0.5, 0.6) is 0 Å². The van der Waals surface area contributed by atoms with Crippen LogP contribution in [-0.4, -0.2) is 25.3 Å². The Morgan fingerprint density at radius 1 is 1.12 bits per heavy atom. The molecule has 0 aromatic rings. The van der Waals surface area contributed by atoms with Gasteiger partial charge in [0.25, 0.3) is 0 Å². The topological polar surface area (TPSA) is 27.7 Å². The van der Waals surface area contributed by atoms with E-state index >= 15 is 0 Å². The van der Waals surface area contributed by atoms with Gasteiger partial charge in [0.15, 0.2) is 0 Å². The van der Waals surface area contributed by atoms with E-state index in [0.717, 1.165) is 12.0 Å². The first kappa shape index (κ1) is 11.7. The summed E-state index contributed by atoms with van der Waals surface area (Å²) in [6.07, 6.45) is 5.06. The summed E-state index contributed by atoms with van der Waals surface area (Å²) in [5, 5.41) is 0. The molecule has 96 valence electrons. The molecule has 3 nitrogen and oxygen atoms in total. The van der Waals surface area contributed by atoms with Crippen molar-refractivity contribution in [1.82, 2.24) is 0 Å². The first-order valence-electron chi connectivity index (χ1n) is 6.67. The molecule has 3 heteroatoms. The van der Waals surface area contributed by atoms with E-state index in [1.807, 2.05) is 0 Å². The lowest BCUT2D eigenvalue weighted by Gasteiger charge is -2.41. The van der Waals surface area contributed by atoms with Gasteiger partial charge in [-0.15, -0.1) is 0 Å². The monoisotopic (exact) mass is 238 g/mol. The Hall–Kier alpha value is -0.380. The molecule has 0 N–H and O–H groups in total. The van der Waals surface area contributed by atoms with Crippen LogP contribution in [0.4, 0.5) is 0 Å². The van der Waals surface area contributed by atoms with Crippen molar-refractivity contribution in [2.24, 2.45) is 11.3 Å². The number of hydrogen-bond donors (Lipinski definition) is 0. The average Bonchev–Trinajstić information content (AvgIpc) is 2.58. The highest BCUT2D eigenvalue weighted by Crippen LogP contribution is 2.49. The van der Waals surface area contributed by atoms with Gasteiger partial charge in [0.1, 0.15) is 0 Å². The molecule has 3 fully saturated rings. The Kier molecular flexibility index (Phi) is 2.62. The quantitative estimate of drug-likeness (QED) is 0.607. The smallest absolute Gasteiger partial charge is 0.308 e. The van der Waals surface area contributed by atoms with Crippen LogP contribution in [0.1, 0.15) is 39.5 Å². The van der Waals surface area contributed by atoms with Crippen LogP contribution in [0.3, 0.4) is 0 Å². The molecule has 17 heavy (non-hydrogen) atoms. The molecule has 0 aromatic heterocycles. The zero-order valence-corrected chi connectivity index (χ0v) is 10.8. The van der Waals surface area contributed by atoms with Crippen molar-refractivity contribution in [3.63, 3.8) is 0 Å². The molecule has 1 saturated carbocycles. The lowest BCUT2D eigenvalue weighted by atomic mass is 9.83. The number of ether oxygens (including phenoxy) is 3. The Morgan fingerprint density at radius 3 is 2.41 bits per heavy atom. The second kappa shape index (κ2) is 3.81. The maximum atomic E-state index is 6.06. The van der Waals surface area contributed by atoms with Gasteiger partial charge >= 0.3 is 5.97 Å². The number of rotatable bonds is 0. The maximum Gasteiger partial charge on any atom is 0.308 e. The highest BCUT2D eigenvalue weighted by atomic mass is 16.9.